The van der Waals surface area contributed by atoms with Gasteiger partial charge in [0.15, 0.2) is 0 Å². The molecule has 284 valence electrons. The van der Waals surface area contributed by atoms with E-state index in [1.165, 1.54) is 0 Å². The molecule has 3 aromatic rings. The predicted octanol–water partition coefficient (Wildman–Crippen LogP) is 5.66. The molecule has 6 rings (SSSR count). The zero-order chi connectivity index (χ0) is 38.4. The lowest BCUT2D eigenvalue weighted by Gasteiger charge is -2.35. The summed E-state index contributed by atoms with van der Waals surface area (Å²) in [4.78, 5) is 74.4. The van der Waals surface area contributed by atoms with Crippen LogP contribution in [0.5, 0.6) is 0 Å². The molecule has 3 N–H and O–H groups in total. The van der Waals surface area contributed by atoms with Gasteiger partial charge in [-0.15, -0.1) is 11.3 Å². The van der Waals surface area contributed by atoms with Gasteiger partial charge in [0.05, 0.1) is 6.04 Å². The van der Waals surface area contributed by atoms with Crippen molar-refractivity contribution in [2.75, 3.05) is 18.0 Å². The van der Waals surface area contributed by atoms with Crippen molar-refractivity contribution in [1.29, 1.82) is 0 Å². The van der Waals surface area contributed by atoms with Crippen LogP contribution in [0.4, 0.5) is 5.69 Å². The van der Waals surface area contributed by atoms with Gasteiger partial charge in [0, 0.05) is 66.4 Å². The van der Waals surface area contributed by atoms with Crippen LogP contribution < -0.4 is 16.0 Å². The van der Waals surface area contributed by atoms with Gasteiger partial charge in [0.1, 0.15) is 17.1 Å². The lowest BCUT2D eigenvalue weighted by molar-refractivity contribution is -0.140. The van der Waals surface area contributed by atoms with Crippen molar-refractivity contribution in [1.82, 2.24) is 20.1 Å². The quantitative estimate of drug-likeness (QED) is 0.138. The Kier molecular flexibility index (Phi) is 12.3. The highest BCUT2D eigenvalue weighted by atomic mass is 32.1. The average Bonchev–Trinajstić information content (AvgIpc) is 3.93. The maximum atomic E-state index is 14.2. The topological polar surface area (TPSA) is 146 Å². The molecule has 2 aromatic carbocycles. The molecule has 5 amide bonds. The first-order chi connectivity index (χ1) is 25.9. The number of piperidine rings is 1. The van der Waals surface area contributed by atoms with Gasteiger partial charge >= 0.3 is 0 Å². The number of imide groups is 1. The number of carbonyl (C=O) groups is 5. The highest BCUT2D eigenvalue weighted by molar-refractivity contribution is 7.13. The third-order valence-corrected chi connectivity index (χ3v) is 11.5. The maximum absolute atomic E-state index is 14.2. The third-order valence-electron chi connectivity index (χ3n) is 10.6. The standard InChI is InChI=1S/C42H50N6O5S/c1-42(2,3)36(43)41(53)47-25-12-16-34(47)40(52)46(30-19-17-29(18-20-30)38-44-23-26-54-38)24-10-8-6-4-5-7-9-13-28-14-11-15-31-32(28)27-48(39(31)51)33-21-22-35(49)45-37(33)50/h11,14-15,17-20,23,26,33-34,36H,4-8,10,12,16,21-22,24-25,27,43H2,1-3H3,(H,45,49,50)/t33?,34-,36+/m0/s1. The monoisotopic (exact) mass is 750 g/mol. The lowest BCUT2D eigenvalue weighted by atomic mass is 9.86. The number of nitrogens with two attached hydrogens (primary N) is 1. The van der Waals surface area contributed by atoms with Gasteiger partial charge < -0.3 is 20.4 Å². The largest absolute Gasteiger partial charge is 0.329 e. The van der Waals surface area contributed by atoms with Crippen LogP contribution in [-0.4, -0.2) is 75.5 Å². The first-order valence-corrected chi connectivity index (χ1v) is 19.9. The molecule has 0 radical (unpaired) electrons. The minimum absolute atomic E-state index is 0.0615. The van der Waals surface area contributed by atoms with Crippen LogP contribution in [0, 0.1) is 17.3 Å². The van der Waals surface area contributed by atoms with Crippen LogP contribution in [0.15, 0.2) is 54.0 Å². The fraction of sp³-hybridized carbons (Fsp3) is 0.476. The predicted molar refractivity (Wildman–Crippen MR) is 209 cm³/mol. The number of hydrogen-bond acceptors (Lipinski definition) is 8. The van der Waals surface area contributed by atoms with Crippen molar-refractivity contribution in [2.45, 2.75) is 110 Å². The lowest BCUT2D eigenvalue weighted by Crippen LogP contribution is -2.55. The zero-order valence-electron chi connectivity index (χ0n) is 31.4. The minimum Gasteiger partial charge on any atom is -0.329 e. The van der Waals surface area contributed by atoms with E-state index in [-0.39, 0.29) is 30.0 Å². The second-order valence-corrected chi connectivity index (χ2v) is 16.4. The Morgan fingerprint density at radius 2 is 1.80 bits per heavy atom. The number of likely N-dealkylation sites (tertiary alicyclic amines) is 1. The van der Waals surface area contributed by atoms with Crippen molar-refractivity contribution >= 4 is 46.6 Å². The molecule has 0 aliphatic carbocycles. The summed E-state index contributed by atoms with van der Waals surface area (Å²) in [5.41, 5.74) is 9.96. The van der Waals surface area contributed by atoms with Gasteiger partial charge in [0.2, 0.25) is 23.6 Å². The van der Waals surface area contributed by atoms with Crippen molar-refractivity contribution in [2.24, 2.45) is 11.1 Å². The number of amides is 5. The number of unbranched alkanes of at least 4 members (excludes halogenated alkanes) is 5. The van der Waals surface area contributed by atoms with Crippen LogP contribution in [-0.2, 0) is 25.7 Å². The van der Waals surface area contributed by atoms with E-state index in [0.717, 1.165) is 65.9 Å². The van der Waals surface area contributed by atoms with Crippen LogP contribution in [0.2, 0.25) is 0 Å². The number of thiazole rings is 1. The molecule has 1 aromatic heterocycles. The van der Waals surface area contributed by atoms with Crippen molar-refractivity contribution in [3.8, 4) is 22.4 Å². The average molecular weight is 751 g/mol. The van der Waals surface area contributed by atoms with Gasteiger partial charge in [-0.2, -0.15) is 0 Å². The third kappa shape index (κ3) is 8.74. The summed E-state index contributed by atoms with van der Waals surface area (Å²) in [6, 6.07) is 11.6. The fourth-order valence-electron chi connectivity index (χ4n) is 7.41. The molecular formula is C42H50N6O5S. The van der Waals surface area contributed by atoms with Gasteiger partial charge in [-0.3, -0.25) is 29.3 Å². The number of aromatic nitrogens is 1. The van der Waals surface area contributed by atoms with Gasteiger partial charge in [-0.1, -0.05) is 57.9 Å². The molecule has 0 saturated carbocycles. The summed E-state index contributed by atoms with van der Waals surface area (Å²) in [6.07, 6.45) is 9.12. The Labute approximate surface area is 321 Å². The molecule has 1 unspecified atom stereocenters. The number of hydrogen-bond donors (Lipinski definition) is 2. The van der Waals surface area contributed by atoms with E-state index < -0.39 is 29.4 Å². The molecule has 3 atom stereocenters. The highest BCUT2D eigenvalue weighted by Gasteiger charge is 2.42. The summed E-state index contributed by atoms with van der Waals surface area (Å²) in [5, 5.41) is 5.21. The summed E-state index contributed by atoms with van der Waals surface area (Å²) in [7, 11) is 0. The van der Waals surface area contributed by atoms with E-state index in [0.29, 0.717) is 44.5 Å². The summed E-state index contributed by atoms with van der Waals surface area (Å²) in [6.45, 7) is 7.23. The van der Waals surface area contributed by atoms with Crippen LogP contribution in [0.1, 0.15) is 106 Å². The van der Waals surface area contributed by atoms with Gasteiger partial charge in [0.25, 0.3) is 5.91 Å². The fourth-order valence-corrected chi connectivity index (χ4v) is 8.05. The first kappa shape index (κ1) is 38.9. The highest BCUT2D eigenvalue weighted by Crippen LogP contribution is 2.31. The smallest absolute Gasteiger partial charge is 0.255 e. The van der Waals surface area contributed by atoms with Crippen molar-refractivity contribution < 1.29 is 24.0 Å². The molecule has 3 aliphatic rings. The van der Waals surface area contributed by atoms with Gasteiger partial charge in [-0.05, 0) is 79.5 Å². The van der Waals surface area contributed by atoms with Crippen molar-refractivity contribution in [3.05, 3.63) is 70.7 Å². The maximum Gasteiger partial charge on any atom is 0.255 e. The number of rotatable bonds is 12. The Morgan fingerprint density at radius 3 is 2.52 bits per heavy atom. The van der Waals surface area contributed by atoms with E-state index in [9.17, 15) is 24.0 Å². The second kappa shape index (κ2) is 17.1. The molecule has 3 aliphatic heterocycles. The first-order valence-electron chi connectivity index (χ1n) is 19.1. The Morgan fingerprint density at radius 1 is 1.04 bits per heavy atom. The second-order valence-electron chi connectivity index (χ2n) is 15.5. The van der Waals surface area contributed by atoms with Crippen LogP contribution in [0.3, 0.4) is 0 Å². The molecule has 0 bridgehead atoms. The molecule has 2 fully saturated rings. The van der Waals surface area contributed by atoms with Crippen molar-refractivity contribution in [3.63, 3.8) is 0 Å². The number of fused-ring (bicyclic) bond motifs is 1. The molecule has 0 spiro atoms. The summed E-state index contributed by atoms with van der Waals surface area (Å²) in [5.74, 6) is 5.38. The molecule has 12 heteroatoms. The number of nitrogens with zero attached hydrogens (tertiary/aromatic N) is 4. The molecule has 11 nitrogen and oxygen atoms in total. The van der Waals surface area contributed by atoms with E-state index >= 15 is 0 Å². The number of carbonyl (C=O) groups excluding carboxylic acids is 5. The zero-order valence-corrected chi connectivity index (χ0v) is 32.3. The number of anilines is 1. The Bertz CT molecular complexity index is 1930. The molecular weight excluding hydrogens is 701 g/mol. The number of benzene rings is 2. The van der Waals surface area contributed by atoms with E-state index in [1.807, 2.05) is 67.4 Å². The SMILES string of the molecule is CC(C)(C)[C@H](N)C(=O)N1CCC[C@H]1C(=O)N(CCCCCCCC#Cc1cccc2c1CN(C1CCC(=O)NC1=O)C2=O)c1ccc(-c2nccs2)cc1. The van der Waals surface area contributed by atoms with E-state index in [2.05, 4.69) is 22.1 Å². The summed E-state index contributed by atoms with van der Waals surface area (Å²) < 4.78 is 0. The Hall–Kier alpha value is -4.86. The van der Waals surface area contributed by atoms with E-state index in [1.54, 1.807) is 33.4 Å². The summed E-state index contributed by atoms with van der Waals surface area (Å²) >= 11 is 1.57. The Balaban J connectivity index is 1.02. The van der Waals surface area contributed by atoms with Crippen LogP contribution in [0.25, 0.3) is 10.6 Å². The minimum atomic E-state index is -0.685. The van der Waals surface area contributed by atoms with Crippen LogP contribution >= 0.6 is 11.3 Å². The normalized spacial score (nSPS) is 18.9. The number of nitrogens with one attached hydrogen (secondary N) is 1. The van der Waals surface area contributed by atoms with Gasteiger partial charge in [-0.25, -0.2) is 4.98 Å². The molecule has 2 saturated heterocycles. The molecule has 54 heavy (non-hydrogen) atoms. The van der Waals surface area contributed by atoms with E-state index in [4.69, 9.17) is 5.73 Å². The molecule has 4 heterocycles.